The molecule has 0 spiro atoms. The van der Waals surface area contributed by atoms with Crippen molar-refractivity contribution in [3.63, 3.8) is 0 Å². The van der Waals surface area contributed by atoms with Crippen LogP contribution in [0.4, 0.5) is 13.2 Å². The van der Waals surface area contributed by atoms with Crippen molar-refractivity contribution < 1.29 is 27.5 Å². The first-order valence-electron chi connectivity index (χ1n) is 13.9. The van der Waals surface area contributed by atoms with Gasteiger partial charge in [-0.05, 0) is 74.0 Å². The van der Waals surface area contributed by atoms with Gasteiger partial charge in [-0.25, -0.2) is 13.2 Å². The van der Waals surface area contributed by atoms with Gasteiger partial charge >= 0.3 is 0 Å². The summed E-state index contributed by atoms with van der Waals surface area (Å²) in [5.41, 5.74) is -0.429. The summed E-state index contributed by atoms with van der Waals surface area (Å²) in [5.74, 6) is -1.26. The first-order valence-corrected chi connectivity index (χ1v) is 13.9. The molecule has 4 rings (SSSR count). The molecule has 2 heterocycles. The molecule has 9 heteroatoms. The zero-order valence-corrected chi connectivity index (χ0v) is 22.7. The number of nitrogens with one attached hydrogen (secondary N) is 2. The van der Waals surface area contributed by atoms with Crippen molar-refractivity contribution in [1.29, 1.82) is 0 Å². The number of likely N-dealkylation sites (tertiary alicyclic amines) is 1. The summed E-state index contributed by atoms with van der Waals surface area (Å²) in [7, 11) is 0. The first kappa shape index (κ1) is 29.1. The Morgan fingerprint density at radius 3 is 2.41 bits per heavy atom. The van der Waals surface area contributed by atoms with Crippen molar-refractivity contribution in [2.45, 2.75) is 63.8 Å². The van der Waals surface area contributed by atoms with E-state index in [1.165, 1.54) is 6.07 Å². The Labute approximate surface area is 228 Å². The summed E-state index contributed by atoms with van der Waals surface area (Å²) in [5, 5.41) is 4.92. The molecule has 0 saturated carbocycles. The second-order valence-electron chi connectivity index (χ2n) is 10.7. The van der Waals surface area contributed by atoms with Crippen LogP contribution in [0.5, 0.6) is 5.75 Å². The maximum absolute atomic E-state index is 14.7. The van der Waals surface area contributed by atoms with Crippen LogP contribution in [-0.4, -0.2) is 67.4 Å². The molecule has 2 N–H and O–H groups in total. The Morgan fingerprint density at radius 1 is 1.10 bits per heavy atom. The molecule has 0 unspecified atom stereocenters. The van der Waals surface area contributed by atoms with Gasteiger partial charge in [-0.15, -0.1) is 0 Å². The van der Waals surface area contributed by atoms with E-state index in [1.54, 1.807) is 30.3 Å². The number of nitrogens with zero attached hydrogens (tertiary/aromatic N) is 1. The normalized spacial score (nSPS) is 20.6. The standard InChI is InChI=1S/C30H38F3N3O3/c1-3-30(33,4-2)19-36-14-12-20(13-15-36)18-39-23-10-8-21(9-11-23)24-6-5-7-25(32)27(24)29(38)35-28(37)26-16-22(31)17-34-26/h5-11,20,22,26,34H,3-4,12-19H2,1-2H3,(H,35,37,38)/t22-,26-/m0/s1. The van der Waals surface area contributed by atoms with Crippen molar-refractivity contribution >= 4 is 11.8 Å². The van der Waals surface area contributed by atoms with Crippen LogP contribution in [0, 0.1) is 11.7 Å². The maximum atomic E-state index is 14.7. The minimum Gasteiger partial charge on any atom is -0.493 e. The van der Waals surface area contributed by atoms with E-state index in [1.807, 2.05) is 13.8 Å². The third-order valence-electron chi connectivity index (χ3n) is 8.00. The largest absolute Gasteiger partial charge is 0.493 e. The van der Waals surface area contributed by atoms with Gasteiger partial charge in [-0.1, -0.05) is 38.1 Å². The van der Waals surface area contributed by atoms with Crippen molar-refractivity contribution in [3.05, 3.63) is 53.8 Å². The SMILES string of the molecule is CCC(F)(CC)CN1CCC(COc2ccc(-c3cccc(F)c3C(=O)NC(=O)[C@@H]3C[C@H](F)CN3)cc2)CC1. The molecule has 2 amide bonds. The molecule has 2 aliphatic heterocycles. The van der Waals surface area contributed by atoms with Crippen LogP contribution in [0.15, 0.2) is 42.5 Å². The molecule has 2 aromatic carbocycles. The van der Waals surface area contributed by atoms with Crippen LogP contribution in [0.3, 0.4) is 0 Å². The van der Waals surface area contributed by atoms with Gasteiger partial charge in [0.2, 0.25) is 5.91 Å². The lowest BCUT2D eigenvalue weighted by Gasteiger charge is -2.36. The van der Waals surface area contributed by atoms with E-state index in [-0.39, 0.29) is 18.5 Å². The molecule has 6 nitrogen and oxygen atoms in total. The molecule has 0 aromatic heterocycles. The fraction of sp³-hybridized carbons (Fsp3) is 0.533. The molecule has 2 atom stereocenters. The minimum absolute atomic E-state index is 0.0279. The summed E-state index contributed by atoms with van der Waals surface area (Å²) in [4.78, 5) is 27.4. The Hall–Kier alpha value is -2.91. The Kier molecular flexibility index (Phi) is 9.67. The fourth-order valence-corrected chi connectivity index (χ4v) is 5.28. The van der Waals surface area contributed by atoms with Crippen LogP contribution in [0.2, 0.25) is 0 Å². The number of imide groups is 1. The monoisotopic (exact) mass is 545 g/mol. The lowest BCUT2D eigenvalue weighted by Crippen LogP contribution is -2.44. The van der Waals surface area contributed by atoms with E-state index in [9.17, 15) is 22.8 Å². The van der Waals surface area contributed by atoms with Crippen molar-refractivity contribution in [2.75, 3.05) is 32.8 Å². The summed E-state index contributed by atoms with van der Waals surface area (Å²) < 4.78 is 48.9. The van der Waals surface area contributed by atoms with E-state index in [0.717, 1.165) is 32.0 Å². The number of piperidine rings is 1. The van der Waals surface area contributed by atoms with Crippen molar-refractivity contribution in [1.82, 2.24) is 15.5 Å². The quantitative estimate of drug-likeness (QED) is 0.408. The number of hydrogen-bond acceptors (Lipinski definition) is 5. The number of hydrogen-bond donors (Lipinski definition) is 2. The molecule has 2 fully saturated rings. The predicted molar refractivity (Wildman–Crippen MR) is 145 cm³/mol. The van der Waals surface area contributed by atoms with E-state index < -0.39 is 35.5 Å². The molecule has 212 valence electrons. The molecular weight excluding hydrogens is 507 g/mol. The zero-order chi connectivity index (χ0) is 28.0. The van der Waals surface area contributed by atoms with Crippen LogP contribution < -0.4 is 15.4 Å². The number of halogens is 3. The molecule has 0 bridgehead atoms. The third kappa shape index (κ3) is 7.39. The van der Waals surface area contributed by atoms with Gasteiger partial charge in [0.15, 0.2) is 0 Å². The first-order chi connectivity index (χ1) is 18.7. The van der Waals surface area contributed by atoms with E-state index in [0.29, 0.717) is 48.8 Å². The lowest BCUT2D eigenvalue weighted by atomic mass is 9.94. The van der Waals surface area contributed by atoms with Gasteiger partial charge in [0.1, 0.15) is 23.4 Å². The van der Waals surface area contributed by atoms with E-state index in [2.05, 4.69) is 15.5 Å². The Balaban J connectivity index is 1.33. The topological polar surface area (TPSA) is 70.7 Å². The smallest absolute Gasteiger partial charge is 0.261 e. The second kappa shape index (κ2) is 13.0. The van der Waals surface area contributed by atoms with Crippen LogP contribution >= 0.6 is 0 Å². The zero-order valence-electron chi connectivity index (χ0n) is 22.7. The summed E-state index contributed by atoms with van der Waals surface area (Å²) >= 11 is 0. The van der Waals surface area contributed by atoms with Crippen LogP contribution in [-0.2, 0) is 4.79 Å². The highest BCUT2D eigenvalue weighted by atomic mass is 19.1. The molecule has 2 saturated heterocycles. The minimum atomic E-state index is -1.16. The second-order valence-corrected chi connectivity index (χ2v) is 10.7. The number of amides is 2. The van der Waals surface area contributed by atoms with Gasteiger partial charge < -0.3 is 15.0 Å². The average molecular weight is 546 g/mol. The van der Waals surface area contributed by atoms with Gasteiger partial charge in [0.25, 0.3) is 5.91 Å². The maximum Gasteiger partial charge on any atom is 0.261 e. The van der Waals surface area contributed by atoms with Crippen LogP contribution in [0.1, 0.15) is 56.3 Å². The summed E-state index contributed by atoms with van der Waals surface area (Å²) in [6, 6.07) is 10.5. The summed E-state index contributed by atoms with van der Waals surface area (Å²) in [6.45, 7) is 6.60. The average Bonchev–Trinajstić information content (AvgIpc) is 3.39. The lowest BCUT2D eigenvalue weighted by molar-refractivity contribution is -0.121. The number of carbonyl (C=O) groups excluding carboxylic acids is 2. The molecule has 2 aromatic rings. The molecular formula is C30H38F3N3O3. The van der Waals surface area contributed by atoms with Gasteiger partial charge in [-0.2, -0.15) is 0 Å². The van der Waals surface area contributed by atoms with E-state index >= 15 is 0 Å². The number of benzene rings is 2. The van der Waals surface area contributed by atoms with Crippen LogP contribution in [0.25, 0.3) is 11.1 Å². The highest BCUT2D eigenvalue weighted by Crippen LogP contribution is 2.29. The highest BCUT2D eigenvalue weighted by Gasteiger charge is 2.32. The summed E-state index contributed by atoms with van der Waals surface area (Å²) in [6.07, 6.45) is 1.77. The number of rotatable bonds is 10. The third-order valence-corrected chi connectivity index (χ3v) is 8.00. The molecule has 0 radical (unpaired) electrons. The fourth-order valence-electron chi connectivity index (χ4n) is 5.28. The highest BCUT2D eigenvalue weighted by molar-refractivity contribution is 6.09. The van der Waals surface area contributed by atoms with Gasteiger partial charge in [0.05, 0.1) is 18.2 Å². The van der Waals surface area contributed by atoms with Gasteiger partial charge in [-0.3, -0.25) is 14.9 Å². The Bertz CT molecular complexity index is 1130. The molecule has 39 heavy (non-hydrogen) atoms. The molecule has 0 aliphatic carbocycles. The number of ether oxygens (including phenoxy) is 1. The molecule has 2 aliphatic rings. The van der Waals surface area contributed by atoms with Crippen molar-refractivity contribution in [3.8, 4) is 16.9 Å². The number of alkyl halides is 2. The number of carbonyl (C=O) groups is 2. The van der Waals surface area contributed by atoms with Crippen molar-refractivity contribution in [2.24, 2.45) is 5.92 Å². The van der Waals surface area contributed by atoms with E-state index in [4.69, 9.17) is 4.74 Å². The predicted octanol–water partition coefficient (Wildman–Crippen LogP) is 5.07. The Morgan fingerprint density at radius 2 is 1.79 bits per heavy atom. The van der Waals surface area contributed by atoms with Gasteiger partial charge in [0, 0.05) is 19.5 Å².